The van der Waals surface area contributed by atoms with Gasteiger partial charge < -0.3 is 0 Å². The number of amides is 1. The molecule has 0 spiro atoms. The lowest BCUT2D eigenvalue weighted by molar-refractivity contribution is -0.114. The van der Waals surface area contributed by atoms with Crippen molar-refractivity contribution in [3.8, 4) is 0 Å². The van der Waals surface area contributed by atoms with E-state index in [1.54, 1.807) is 36.0 Å². The van der Waals surface area contributed by atoms with E-state index in [1.807, 2.05) is 11.7 Å². The number of carbonyl (C=O) groups is 1. The third kappa shape index (κ3) is 2.91. The third-order valence-electron chi connectivity index (χ3n) is 2.52. The summed E-state index contributed by atoms with van der Waals surface area (Å²) in [6.07, 6.45) is 3.16. The molecule has 0 atom stereocenters. The van der Waals surface area contributed by atoms with Crippen LogP contribution in [0.3, 0.4) is 0 Å². The second kappa shape index (κ2) is 6.10. The van der Waals surface area contributed by atoms with E-state index in [0.717, 1.165) is 0 Å². The minimum atomic E-state index is -0.284. The molecular weight excluding hydrogens is 286 g/mol. The molecule has 1 amide bonds. The van der Waals surface area contributed by atoms with E-state index in [-0.39, 0.29) is 5.91 Å². The number of halogens is 1. The minimum Gasteiger partial charge on any atom is -0.292 e. The van der Waals surface area contributed by atoms with Crippen molar-refractivity contribution in [2.75, 3.05) is 17.0 Å². The van der Waals surface area contributed by atoms with Crippen LogP contribution in [0.25, 0.3) is 0 Å². The first-order valence-electron chi connectivity index (χ1n) is 5.44. The van der Waals surface area contributed by atoms with Crippen molar-refractivity contribution in [1.29, 1.82) is 0 Å². The average Bonchev–Trinajstić information content (AvgIpc) is 2.70. The molecule has 0 unspecified atom stereocenters. The molecule has 1 heterocycles. The number of rotatable bonds is 4. The maximum absolute atomic E-state index is 12.2. The highest BCUT2D eigenvalue weighted by atomic mass is 35.5. The molecule has 100 valence electrons. The normalized spacial score (nSPS) is 17.0. The first-order valence-corrected chi connectivity index (χ1v) is 7.21. The molecule has 1 aromatic carbocycles. The fourth-order valence-corrected chi connectivity index (χ4v) is 2.28. The summed E-state index contributed by atoms with van der Waals surface area (Å²) in [6, 6.07) is 6.82. The lowest BCUT2D eigenvalue weighted by Crippen LogP contribution is -2.22. The summed E-state index contributed by atoms with van der Waals surface area (Å²) >= 11 is 7.36. The van der Waals surface area contributed by atoms with Gasteiger partial charge in [0.2, 0.25) is 0 Å². The molecule has 0 aromatic heterocycles. The third-order valence-corrected chi connectivity index (χ3v) is 3.33. The molecule has 1 aliphatic heterocycles. The summed E-state index contributed by atoms with van der Waals surface area (Å²) in [5, 5.41) is 14.9. The highest BCUT2D eigenvalue weighted by Crippen LogP contribution is 2.25. The molecule has 7 heteroatoms. The van der Waals surface area contributed by atoms with Crippen LogP contribution in [-0.4, -0.2) is 28.8 Å². The Labute approximate surface area is 119 Å². The number of thioether (sulfide) groups is 1. The van der Waals surface area contributed by atoms with Gasteiger partial charge in [-0.1, -0.05) is 11.6 Å². The van der Waals surface area contributed by atoms with Gasteiger partial charge in [0.15, 0.2) is 0 Å². The molecular formula is C12H12ClN3O2S. The van der Waals surface area contributed by atoms with E-state index in [9.17, 15) is 4.79 Å². The molecule has 1 aliphatic rings. The Morgan fingerprint density at radius 2 is 2.16 bits per heavy atom. The van der Waals surface area contributed by atoms with E-state index in [2.05, 4.69) is 5.10 Å². The fourth-order valence-electron chi connectivity index (χ4n) is 1.67. The van der Waals surface area contributed by atoms with Crippen molar-refractivity contribution in [3.63, 3.8) is 0 Å². The van der Waals surface area contributed by atoms with E-state index in [0.29, 0.717) is 27.7 Å². The predicted octanol–water partition coefficient (Wildman–Crippen LogP) is 2.27. The molecule has 0 saturated carbocycles. The number of hydroxylamine groups is 1. The molecule has 1 aromatic rings. The molecule has 0 saturated heterocycles. The van der Waals surface area contributed by atoms with Gasteiger partial charge in [0.1, 0.15) is 0 Å². The number of hydrogen-bond acceptors (Lipinski definition) is 5. The van der Waals surface area contributed by atoms with Crippen LogP contribution >= 0.6 is 23.4 Å². The Morgan fingerprint density at radius 1 is 1.47 bits per heavy atom. The van der Waals surface area contributed by atoms with Gasteiger partial charge in [-0.3, -0.25) is 15.5 Å². The topological polar surface area (TPSA) is 64.9 Å². The van der Waals surface area contributed by atoms with E-state index < -0.39 is 0 Å². The molecule has 2 rings (SSSR count). The SMILES string of the molecule is CSCC1=NN(c2ccc(Cl)cc2)C(=O)C1=CNO. The molecule has 0 bridgehead atoms. The van der Waals surface area contributed by atoms with Crippen LogP contribution in [0.1, 0.15) is 0 Å². The van der Waals surface area contributed by atoms with Crippen LogP contribution in [0, 0.1) is 0 Å². The number of benzene rings is 1. The highest BCUT2D eigenvalue weighted by molar-refractivity contribution is 7.99. The number of hydrogen-bond donors (Lipinski definition) is 2. The van der Waals surface area contributed by atoms with Gasteiger partial charge in [-0.15, -0.1) is 0 Å². The second-order valence-corrected chi connectivity index (χ2v) is 5.06. The van der Waals surface area contributed by atoms with Gasteiger partial charge in [-0.2, -0.15) is 21.9 Å². The Hall–Kier alpha value is -1.50. The lowest BCUT2D eigenvalue weighted by Gasteiger charge is -2.11. The van der Waals surface area contributed by atoms with Gasteiger partial charge in [0.25, 0.3) is 5.91 Å². The van der Waals surface area contributed by atoms with Crippen LogP contribution in [-0.2, 0) is 4.79 Å². The molecule has 2 N–H and O–H groups in total. The number of nitrogens with one attached hydrogen (secondary N) is 1. The van der Waals surface area contributed by atoms with Gasteiger partial charge in [0.05, 0.1) is 17.0 Å². The van der Waals surface area contributed by atoms with Gasteiger partial charge >= 0.3 is 0 Å². The van der Waals surface area contributed by atoms with Gasteiger partial charge in [-0.05, 0) is 30.5 Å². The van der Waals surface area contributed by atoms with Crippen LogP contribution in [0.2, 0.25) is 5.02 Å². The Bertz CT molecular complexity index is 542. The van der Waals surface area contributed by atoms with Crippen molar-refractivity contribution in [1.82, 2.24) is 5.48 Å². The van der Waals surface area contributed by atoms with E-state index in [4.69, 9.17) is 16.8 Å². The summed E-state index contributed by atoms with van der Waals surface area (Å²) in [4.78, 5) is 12.2. The number of carbonyl (C=O) groups excluding carboxylic acids is 1. The second-order valence-electron chi connectivity index (χ2n) is 3.76. The Morgan fingerprint density at radius 3 is 2.74 bits per heavy atom. The van der Waals surface area contributed by atoms with E-state index in [1.165, 1.54) is 11.2 Å². The zero-order chi connectivity index (χ0) is 13.8. The van der Waals surface area contributed by atoms with Crippen molar-refractivity contribution < 1.29 is 10.0 Å². The first-order chi connectivity index (χ1) is 9.17. The number of nitrogens with zero attached hydrogens (tertiary/aromatic N) is 2. The summed E-state index contributed by atoms with van der Waals surface area (Å²) < 4.78 is 0. The maximum atomic E-state index is 12.2. The largest absolute Gasteiger partial charge is 0.292 e. The van der Waals surface area contributed by atoms with Crippen molar-refractivity contribution in [2.45, 2.75) is 0 Å². The molecule has 0 radical (unpaired) electrons. The first kappa shape index (κ1) is 13.9. The monoisotopic (exact) mass is 297 g/mol. The lowest BCUT2D eigenvalue weighted by atomic mass is 10.2. The highest BCUT2D eigenvalue weighted by Gasteiger charge is 2.30. The zero-order valence-electron chi connectivity index (χ0n) is 10.1. The Balaban J connectivity index is 2.34. The van der Waals surface area contributed by atoms with Crippen LogP contribution in [0.5, 0.6) is 0 Å². The van der Waals surface area contributed by atoms with Crippen LogP contribution in [0.15, 0.2) is 41.1 Å². The minimum absolute atomic E-state index is 0.284. The number of anilines is 1. The summed E-state index contributed by atoms with van der Waals surface area (Å²) in [5.74, 6) is 0.302. The molecule has 5 nitrogen and oxygen atoms in total. The van der Waals surface area contributed by atoms with Crippen molar-refractivity contribution in [2.24, 2.45) is 5.10 Å². The predicted molar refractivity (Wildman–Crippen MR) is 77.8 cm³/mol. The van der Waals surface area contributed by atoms with Crippen molar-refractivity contribution >= 4 is 40.7 Å². The van der Waals surface area contributed by atoms with Crippen molar-refractivity contribution in [3.05, 3.63) is 41.1 Å². The fraction of sp³-hybridized carbons (Fsp3) is 0.167. The van der Waals surface area contributed by atoms with Gasteiger partial charge in [0, 0.05) is 17.0 Å². The molecule has 19 heavy (non-hydrogen) atoms. The molecule has 0 aliphatic carbocycles. The van der Waals surface area contributed by atoms with Gasteiger partial charge in [-0.25, -0.2) is 0 Å². The molecule has 0 fully saturated rings. The average molecular weight is 298 g/mol. The van der Waals surface area contributed by atoms with E-state index >= 15 is 0 Å². The smallest absolute Gasteiger partial charge is 0.282 e. The summed E-state index contributed by atoms with van der Waals surface area (Å²) in [7, 11) is 0. The van der Waals surface area contributed by atoms with Crippen LogP contribution < -0.4 is 10.5 Å². The zero-order valence-corrected chi connectivity index (χ0v) is 11.7. The quantitative estimate of drug-likeness (QED) is 0.661. The summed E-state index contributed by atoms with van der Waals surface area (Å²) in [6.45, 7) is 0. The standard InChI is InChI=1S/C12H12ClN3O2S/c1-19-7-11-10(6-14-18)12(17)16(15-11)9-4-2-8(13)3-5-9/h2-6,14,18H,7H2,1H3. The maximum Gasteiger partial charge on any atom is 0.282 e. The Kier molecular flexibility index (Phi) is 4.47. The van der Waals surface area contributed by atoms with Crippen LogP contribution in [0.4, 0.5) is 5.69 Å². The summed E-state index contributed by atoms with van der Waals surface area (Å²) in [5.41, 5.74) is 3.50. The number of hydrazone groups is 1.